The first-order chi connectivity index (χ1) is 8.59. The highest BCUT2D eigenvalue weighted by atomic mass is 19.1. The molecular weight excluding hydrogens is 241 g/mol. The van der Waals surface area contributed by atoms with Crippen molar-refractivity contribution in [2.24, 2.45) is 0 Å². The van der Waals surface area contributed by atoms with E-state index in [1.807, 2.05) is 0 Å². The van der Waals surface area contributed by atoms with Crippen molar-refractivity contribution in [2.75, 3.05) is 11.5 Å². The Balaban J connectivity index is 2.20. The average molecular weight is 253 g/mol. The Morgan fingerprint density at radius 3 is 2.89 bits per heavy atom. The fourth-order valence-corrected chi connectivity index (χ4v) is 1.91. The Hall–Kier alpha value is -2.11. The molecule has 0 bridgehead atoms. The summed E-state index contributed by atoms with van der Waals surface area (Å²) >= 11 is 0. The number of halogens is 1. The molecule has 0 aliphatic carbocycles. The number of benzene rings is 1. The van der Waals surface area contributed by atoms with Crippen molar-refractivity contribution >= 4 is 17.7 Å². The summed E-state index contributed by atoms with van der Waals surface area (Å²) in [4.78, 5) is 23.3. The molecule has 1 saturated heterocycles. The molecule has 1 fully saturated rings. The van der Waals surface area contributed by atoms with E-state index >= 15 is 0 Å². The van der Waals surface area contributed by atoms with E-state index in [2.05, 4.69) is 0 Å². The number of anilines is 1. The van der Waals surface area contributed by atoms with Crippen LogP contribution in [0.15, 0.2) is 24.3 Å². The highest BCUT2D eigenvalue weighted by Gasteiger charge is 2.35. The van der Waals surface area contributed by atoms with Gasteiger partial charge in [-0.1, -0.05) is 12.1 Å². The van der Waals surface area contributed by atoms with Gasteiger partial charge in [-0.3, -0.25) is 9.69 Å². The van der Waals surface area contributed by atoms with Gasteiger partial charge < -0.3 is 9.84 Å². The van der Waals surface area contributed by atoms with E-state index < -0.39 is 23.9 Å². The van der Waals surface area contributed by atoms with E-state index in [1.165, 1.54) is 23.1 Å². The first-order valence-electron chi connectivity index (χ1n) is 5.52. The van der Waals surface area contributed by atoms with Crippen LogP contribution in [0, 0.1) is 5.82 Å². The molecule has 5 nitrogen and oxygen atoms in total. The van der Waals surface area contributed by atoms with Gasteiger partial charge in [0.05, 0.1) is 11.7 Å². The standard InChI is InChI=1S/C12H12FNO4/c13-9-3-1-2-4-10(9)14-8(5-6-11(15)16)7-18-12(14)17/h1-4,8H,5-7H2,(H,15,16). The summed E-state index contributed by atoms with van der Waals surface area (Å²) in [6.07, 6.45) is -0.503. The van der Waals surface area contributed by atoms with Crippen LogP contribution in [0.4, 0.5) is 14.9 Å². The van der Waals surface area contributed by atoms with Crippen molar-refractivity contribution in [1.29, 1.82) is 0 Å². The van der Waals surface area contributed by atoms with Crippen molar-refractivity contribution in [3.05, 3.63) is 30.1 Å². The Morgan fingerprint density at radius 1 is 1.50 bits per heavy atom. The maximum absolute atomic E-state index is 13.6. The summed E-state index contributed by atoms with van der Waals surface area (Å²) < 4.78 is 18.5. The summed E-state index contributed by atoms with van der Waals surface area (Å²) in [5.74, 6) is -1.49. The van der Waals surface area contributed by atoms with Gasteiger partial charge in [0, 0.05) is 6.42 Å². The third kappa shape index (κ3) is 2.42. The minimum Gasteiger partial charge on any atom is -0.481 e. The van der Waals surface area contributed by atoms with Crippen LogP contribution in [0.2, 0.25) is 0 Å². The van der Waals surface area contributed by atoms with Gasteiger partial charge in [-0.15, -0.1) is 0 Å². The lowest BCUT2D eigenvalue weighted by Crippen LogP contribution is -2.34. The molecule has 1 unspecified atom stereocenters. The second kappa shape index (κ2) is 5.03. The lowest BCUT2D eigenvalue weighted by molar-refractivity contribution is -0.137. The normalized spacial score (nSPS) is 18.8. The molecule has 0 spiro atoms. The van der Waals surface area contributed by atoms with E-state index in [-0.39, 0.29) is 25.1 Å². The lowest BCUT2D eigenvalue weighted by Gasteiger charge is -2.21. The largest absolute Gasteiger partial charge is 0.481 e. The van der Waals surface area contributed by atoms with E-state index in [9.17, 15) is 14.0 Å². The van der Waals surface area contributed by atoms with Crippen LogP contribution in [-0.4, -0.2) is 29.8 Å². The molecule has 1 aromatic rings. The van der Waals surface area contributed by atoms with Crippen molar-refractivity contribution in [3.8, 4) is 0 Å². The second-order valence-corrected chi connectivity index (χ2v) is 3.98. The number of para-hydroxylation sites is 1. The van der Waals surface area contributed by atoms with Crippen molar-refractivity contribution in [3.63, 3.8) is 0 Å². The number of hydrogen-bond acceptors (Lipinski definition) is 3. The molecular formula is C12H12FNO4. The first-order valence-corrected chi connectivity index (χ1v) is 5.52. The molecule has 96 valence electrons. The molecule has 0 radical (unpaired) electrons. The number of cyclic esters (lactones) is 1. The van der Waals surface area contributed by atoms with Crippen molar-refractivity contribution in [2.45, 2.75) is 18.9 Å². The summed E-state index contributed by atoms with van der Waals surface area (Å²) in [5.41, 5.74) is 0.121. The number of amides is 1. The predicted molar refractivity (Wildman–Crippen MR) is 60.9 cm³/mol. The molecule has 1 atom stereocenters. The molecule has 2 rings (SSSR count). The molecule has 1 heterocycles. The fourth-order valence-electron chi connectivity index (χ4n) is 1.91. The van der Waals surface area contributed by atoms with Crippen molar-refractivity contribution in [1.82, 2.24) is 0 Å². The maximum Gasteiger partial charge on any atom is 0.414 e. The number of aliphatic carboxylic acids is 1. The van der Waals surface area contributed by atoms with Crippen LogP contribution in [-0.2, 0) is 9.53 Å². The Labute approximate surface area is 103 Å². The minimum atomic E-state index is -0.956. The van der Waals surface area contributed by atoms with E-state index in [4.69, 9.17) is 9.84 Å². The highest BCUT2D eigenvalue weighted by Crippen LogP contribution is 2.27. The molecule has 1 aliphatic heterocycles. The van der Waals surface area contributed by atoms with Crippen LogP contribution in [0.3, 0.4) is 0 Å². The van der Waals surface area contributed by atoms with Gasteiger partial charge in [-0.2, -0.15) is 0 Å². The van der Waals surface area contributed by atoms with Gasteiger partial charge in [0.2, 0.25) is 0 Å². The number of hydrogen-bond donors (Lipinski definition) is 1. The summed E-state index contributed by atoms with van der Waals surface area (Å²) in [7, 11) is 0. The van der Waals surface area contributed by atoms with Gasteiger partial charge in [0.25, 0.3) is 0 Å². The minimum absolute atomic E-state index is 0.0838. The smallest absolute Gasteiger partial charge is 0.414 e. The number of carboxylic acid groups (broad SMARTS) is 1. The number of nitrogens with zero attached hydrogens (tertiary/aromatic N) is 1. The third-order valence-electron chi connectivity index (χ3n) is 2.76. The number of carbonyl (C=O) groups is 2. The second-order valence-electron chi connectivity index (χ2n) is 3.98. The third-order valence-corrected chi connectivity index (χ3v) is 2.76. The van der Waals surface area contributed by atoms with E-state index in [1.54, 1.807) is 6.07 Å². The SMILES string of the molecule is O=C(O)CCC1COC(=O)N1c1ccccc1F. The lowest BCUT2D eigenvalue weighted by atomic mass is 10.1. The van der Waals surface area contributed by atoms with Crippen LogP contribution in [0.1, 0.15) is 12.8 Å². The van der Waals surface area contributed by atoms with E-state index in [0.717, 1.165) is 0 Å². The summed E-state index contributed by atoms with van der Waals surface area (Å²) in [5, 5.41) is 8.63. The van der Waals surface area contributed by atoms with Gasteiger partial charge in [0.1, 0.15) is 12.4 Å². The van der Waals surface area contributed by atoms with E-state index in [0.29, 0.717) is 0 Å². The van der Waals surface area contributed by atoms with Gasteiger partial charge in [-0.25, -0.2) is 9.18 Å². The van der Waals surface area contributed by atoms with Crippen LogP contribution < -0.4 is 4.90 Å². The van der Waals surface area contributed by atoms with Crippen LogP contribution >= 0.6 is 0 Å². The molecule has 1 aliphatic rings. The summed E-state index contributed by atoms with van der Waals surface area (Å²) in [6, 6.07) is 5.40. The molecule has 1 aromatic carbocycles. The molecule has 6 heteroatoms. The molecule has 1 amide bonds. The quantitative estimate of drug-likeness (QED) is 0.891. The molecule has 0 saturated carbocycles. The van der Waals surface area contributed by atoms with Gasteiger partial charge in [0.15, 0.2) is 0 Å². The predicted octanol–water partition coefficient (Wildman–Crippen LogP) is 2.02. The first kappa shape index (κ1) is 12.3. The Bertz CT molecular complexity index is 477. The number of carbonyl (C=O) groups excluding carboxylic acids is 1. The Morgan fingerprint density at radius 2 is 2.22 bits per heavy atom. The number of carboxylic acids is 1. The van der Waals surface area contributed by atoms with Gasteiger partial charge >= 0.3 is 12.1 Å². The van der Waals surface area contributed by atoms with Crippen LogP contribution in [0.5, 0.6) is 0 Å². The zero-order valence-electron chi connectivity index (χ0n) is 9.51. The van der Waals surface area contributed by atoms with Crippen LogP contribution in [0.25, 0.3) is 0 Å². The Kier molecular flexibility index (Phi) is 3.45. The highest BCUT2D eigenvalue weighted by molar-refractivity contribution is 5.90. The van der Waals surface area contributed by atoms with Gasteiger partial charge in [-0.05, 0) is 18.6 Å². The molecule has 0 aromatic heterocycles. The summed E-state index contributed by atoms with van der Waals surface area (Å²) in [6.45, 7) is 0.0838. The average Bonchev–Trinajstić information content (AvgIpc) is 2.69. The maximum atomic E-state index is 13.6. The number of rotatable bonds is 4. The number of ether oxygens (including phenoxy) is 1. The van der Waals surface area contributed by atoms with Crippen molar-refractivity contribution < 1.29 is 23.8 Å². The molecule has 18 heavy (non-hydrogen) atoms. The molecule has 1 N–H and O–H groups in total. The fraction of sp³-hybridized carbons (Fsp3) is 0.333. The zero-order valence-corrected chi connectivity index (χ0v) is 9.51. The topological polar surface area (TPSA) is 66.8 Å². The zero-order chi connectivity index (χ0) is 13.1. The monoisotopic (exact) mass is 253 g/mol.